The van der Waals surface area contributed by atoms with Crippen molar-refractivity contribution in [1.29, 1.82) is 0 Å². The highest BCUT2D eigenvalue weighted by atomic mass is 16.4. The minimum atomic E-state index is -0.913. The van der Waals surface area contributed by atoms with Crippen LogP contribution in [0, 0.1) is 5.92 Å². The van der Waals surface area contributed by atoms with Crippen molar-refractivity contribution in [2.45, 2.75) is 32.2 Å². The van der Waals surface area contributed by atoms with Crippen LogP contribution in [0.15, 0.2) is 12.2 Å². The maximum atomic E-state index is 11.3. The lowest BCUT2D eigenvalue weighted by Gasteiger charge is -2.31. The number of allylic oxidation sites excluding steroid dienone is 2. The molecule has 0 amide bonds. The molecule has 0 bridgehead atoms. The molecule has 5 nitrogen and oxygen atoms in total. The minimum absolute atomic E-state index is 0.232. The zero-order chi connectivity index (χ0) is 14.1. The van der Waals surface area contributed by atoms with Crippen molar-refractivity contribution in [3.05, 3.63) is 29.1 Å². The quantitative estimate of drug-likeness (QED) is 0.855. The Hall–Kier alpha value is -1.62. The van der Waals surface area contributed by atoms with E-state index in [0.29, 0.717) is 5.92 Å². The zero-order valence-electron chi connectivity index (χ0n) is 11.9. The molecular weight excluding hydrogens is 254 g/mol. The maximum Gasteiger partial charge on any atom is 0.356 e. The first-order valence-electron chi connectivity index (χ1n) is 7.30. The van der Waals surface area contributed by atoms with Gasteiger partial charge in [0.2, 0.25) is 0 Å². The zero-order valence-corrected chi connectivity index (χ0v) is 11.9. The van der Waals surface area contributed by atoms with Crippen molar-refractivity contribution < 1.29 is 9.90 Å². The van der Waals surface area contributed by atoms with E-state index in [0.717, 1.165) is 43.7 Å². The highest BCUT2D eigenvalue weighted by Crippen LogP contribution is 2.25. The minimum Gasteiger partial charge on any atom is -0.476 e. The van der Waals surface area contributed by atoms with E-state index in [1.54, 1.807) is 4.68 Å². The number of carboxylic acid groups (broad SMARTS) is 1. The predicted octanol–water partition coefficient (Wildman–Crippen LogP) is 1.83. The molecule has 20 heavy (non-hydrogen) atoms. The van der Waals surface area contributed by atoms with Gasteiger partial charge in [-0.1, -0.05) is 12.2 Å². The van der Waals surface area contributed by atoms with Crippen molar-refractivity contribution in [1.82, 2.24) is 14.7 Å². The van der Waals surface area contributed by atoms with Gasteiger partial charge in [-0.2, -0.15) is 5.10 Å². The lowest BCUT2D eigenvalue weighted by molar-refractivity contribution is 0.0686. The van der Waals surface area contributed by atoms with Gasteiger partial charge >= 0.3 is 5.97 Å². The number of rotatable bonds is 3. The molecule has 108 valence electrons. The van der Waals surface area contributed by atoms with E-state index in [2.05, 4.69) is 22.2 Å². The third-order valence-corrected chi connectivity index (χ3v) is 4.42. The fraction of sp³-hybridized carbons (Fsp3) is 0.600. The average molecular weight is 275 g/mol. The number of carboxylic acids is 1. The Morgan fingerprint density at radius 3 is 3.05 bits per heavy atom. The number of aryl methyl sites for hydroxylation is 1. The molecule has 3 rings (SSSR count). The second-order valence-corrected chi connectivity index (χ2v) is 5.84. The van der Waals surface area contributed by atoms with Crippen molar-refractivity contribution in [2.24, 2.45) is 13.0 Å². The van der Waals surface area contributed by atoms with E-state index >= 15 is 0 Å². The molecule has 0 spiro atoms. The molecule has 0 saturated carbocycles. The molecule has 0 saturated heterocycles. The highest BCUT2D eigenvalue weighted by molar-refractivity contribution is 5.87. The molecule has 1 aromatic heterocycles. The Morgan fingerprint density at radius 1 is 1.50 bits per heavy atom. The Bertz CT molecular complexity index is 548. The average Bonchev–Trinajstić information content (AvgIpc) is 2.77. The van der Waals surface area contributed by atoms with Gasteiger partial charge in [-0.25, -0.2) is 4.79 Å². The molecule has 0 unspecified atom stereocenters. The molecule has 0 radical (unpaired) electrons. The normalized spacial score (nSPS) is 22.8. The molecule has 1 N–H and O–H groups in total. The van der Waals surface area contributed by atoms with Crippen LogP contribution >= 0.6 is 0 Å². The Balaban J connectivity index is 1.74. The van der Waals surface area contributed by atoms with E-state index in [-0.39, 0.29) is 5.69 Å². The molecule has 1 aromatic rings. The summed E-state index contributed by atoms with van der Waals surface area (Å²) in [6.07, 6.45) is 9.01. The summed E-state index contributed by atoms with van der Waals surface area (Å²) >= 11 is 0. The van der Waals surface area contributed by atoms with Crippen molar-refractivity contribution in [3.63, 3.8) is 0 Å². The molecule has 0 aromatic carbocycles. The maximum absolute atomic E-state index is 11.3. The molecule has 2 aliphatic rings. The van der Waals surface area contributed by atoms with Gasteiger partial charge in [0.25, 0.3) is 0 Å². The molecular formula is C15H21N3O2. The van der Waals surface area contributed by atoms with E-state index in [1.807, 2.05) is 7.05 Å². The van der Waals surface area contributed by atoms with Gasteiger partial charge in [0.1, 0.15) is 0 Å². The molecule has 1 aliphatic heterocycles. The van der Waals surface area contributed by atoms with Gasteiger partial charge in [0.05, 0.1) is 0 Å². The number of nitrogens with zero attached hydrogens (tertiary/aromatic N) is 3. The predicted molar refractivity (Wildman–Crippen MR) is 75.6 cm³/mol. The number of fused-ring (bicyclic) bond motifs is 1. The largest absolute Gasteiger partial charge is 0.476 e. The number of hydrogen-bond acceptors (Lipinski definition) is 3. The first-order valence-corrected chi connectivity index (χ1v) is 7.30. The van der Waals surface area contributed by atoms with Crippen LogP contribution in [0.4, 0.5) is 0 Å². The monoisotopic (exact) mass is 275 g/mol. The van der Waals surface area contributed by atoms with E-state index in [9.17, 15) is 9.90 Å². The van der Waals surface area contributed by atoms with Gasteiger partial charge in [-0.3, -0.25) is 9.58 Å². The summed E-state index contributed by atoms with van der Waals surface area (Å²) in [7, 11) is 1.84. The summed E-state index contributed by atoms with van der Waals surface area (Å²) in [5, 5.41) is 13.4. The number of aromatic carboxylic acids is 1. The van der Waals surface area contributed by atoms with Crippen LogP contribution in [0.2, 0.25) is 0 Å². The van der Waals surface area contributed by atoms with Crippen LogP contribution in [0.3, 0.4) is 0 Å². The summed E-state index contributed by atoms with van der Waals surface area (Å²) in [6.45, 7) is 2.80. The molecule has 1 atom stereocenters. The Kier molecular flexibility index (Phi) is 3.61. The summed E-state index contributed by atoms with van der Waals surface area (Å²) < 4.78 is 1.74. The standard InChI is InChI=1S/C15H21N3O2/c1-17-13-7-8-18(9-11-5-3-2-4-6-11)10-12(13)14(16-17)15(19)20/h2-3,11H,4-10H2,1H3,(H,19,20)/t11-/m1/s1. The van der Waals surface area contributed by atoms with Crippen LogP contribution in [-0.4, -0.2) is 38.8 Å². The van der Waals surface area contributed by atoms with Crippen LogP contribution in [0.5, 0.6) is 0 Å². The summed E-state index contributed by atoms with van der Waals surface area (Å²) in [6, 6.07) is 0. The van der Waals surface area contributed by atoms with E-state index < -0.39 is 5.97 Å². The molecule has 5 heteroatoms. The van der Waals surface area contributed by atoms with Crippen molar-refractivity contribution in [2.75, 3.05) is 13.1 Å². The van der Waals surface area contributed by atoms with Gasteiger partial charge in [0, 0.05) is 44.4 Å². The smallest absolute Gasteiger partial charge is 0.356 e. The first-order chi connectivity index (χ1) is 9.65. The fourth-order valence-corrected chi connectivity index (χ4v) is 3.36. The summed E-state index contributed by atoms with van der Waals surface area (Å²) in [5.74, 6) is -0.198. The van der Waals surface area contributed by atoms with Gasteiger partial charge in [-0.05, 0) is 25.2 Å². The van der Waals surface area contributed by atoms with Crippen LogP contribution in [-0.2, 0) is 20.0 Å². The first kappa shape index (κ1) is 13.4. The molecule has 2 heterocycles. The van der Waals surface area contributed by atoms with E-state index in [1.165, 1.54) is 12.8 Å². The summed E-state index contributed by atoms with van der Waals surface area (Å²) in [5.41, 5.74) is 2.23. The fourth-order valence-electron chi connectivity index (χ4n) is 3.36. The van der Waals surface area contributed by atoms with Crippen molar-refractivity contribution in [3.8, 4) is 0 Å². The third kappa shape index (κ3) is 2.50. The second kappa shape index (κ2) is 5.40. The van der Waals surface area contributed by atoms with Gasteiger partial charge < -0.3 is 5.11 Å². The lowest BCUT2D eigenvalue weighted by Crippen LogP contribution is -2.35. The third-order valence-electron chi connectivity index (χ3n) is 4.42. The van der Waals surface area contributed by atoms with Gasteiger partial charge in [-0.15, -0.1) is 0 Å². The second-order valence-electron chi connectivity index (χ2n) is 5.84. The van der Waals surface area contributed by atoms with Crippen LogP contribution in [0.1, 0.15) is 41.0 Å². The number of carbonyl (C=O) groups is 1. The van der Waals surface area contributed by atoms with Crippen molar-refractivity contribution >= 4 is 5.97 Å². The topological polar surface area (TPSA) is 58.4 Å². The van der Waals surface area contributed by atoms with Gasteiger partial charge in [0.15, 0.2) is 5.69 Å². The summed E-state index contributed by atoms with van der Waals surface area (Å²) in [4.78, 5) is 13.7. The highest BCUT2D eigenvalue weighted by Gasteiger charge is 2.27. The van der Waals surface area contributed by atoms with Crippen LogP contribution in [0.25, 0.3) is 0 Å². The Labute approximate surface area is 118 Å². The number of aromatic nitrogens is 2. The SMILES string of the molecule is Cn1nc(C(=O)O)c2c1CCN(C[C@@H]1CC=CCC1)C2. The van der Waals surface area contributed by atoms with E-state index in [4.69, 9.17) is 0 Å². The Morgan fingerprint density at radius 2 is 2.35 bits per heavy atom. The molecule has 0 fully saturated rings. The van der Waals surface area contributed by atoms with Crippen LogP contribution < -0.4 is 0 Å². The lowest BCUT2D eigenvalue weighted by atomic mass is 9.93. The number of hydrogen-bond donors (Lipinski definition) is 1. The molecule has 1 aliphatic carbocycles.